The summed E-state index contributed by atoms with van der Waals surface area (Å²) in [5.74, 6) is 0. The lowest BCUT2D eigenvalue weighted by molar-refractivity contribution is 0.491. The maximum Gasteiger partial charge on any atom is 0.241 e. The van der Waals surface area contributed by atoms with Crippen molar-refractivity contribution in [1.29, 1.82) is 0 Å². The molecule has 0 aromatic heterocycles. The van der Waals surface area contributed by atoms with E-state index in [4.69, 9.17) is 0 Å². The van der Waals surface area contributed by atoms with Crippen molar-refractivity contribution >= 4 is 10.0 Å². The second-order valence-electron chi connectivity index (χ2n) is 6.48. The first-order chi connectivity index (χ1) is 9.01. The molecule has 0 fully saturated rings. The van der Waals surface area contributed by atoms with Crippen molar-refractivity contribution < 1.29 is 8.42 Å². The maximum absolute atomic E-state index is 12.3. The minimum atomic E-state index is -3.47. The third-order valence-electron chi connectivity index (χ3n) is 2.77. The monoisotopic (exact) mass is 298 g/mol. The average Bonchev–Trinajstić information content (AvgIpc) is 2.24. The summed E-state index contributed by atoms with van der Waals surface area (Å²) in [6.07, 6.45) is 0. The van der Waals surface area contributed by atoms with Gasteiger partial charge in [-0.05, 0) is 51.0 Å². The number of sulfonamides is 1. The highest BCUT2D eigenvalue weighted by molar-refractivity contribution is 7.89. The lowest BCUT2D eigenvalue weighted by Gasteiger charge is -2.21. The summed E-state index contributed by atoms with van der Waals surface area (Å²) in [7, 11) is -3.47. The minimum absolute atomic E-state index is 0.318. The molecule has 20 heavy (non-hydrogen) atoms. The molecule has 0 aliphatic carbocycles. The van der Waals surface area contributed by atoms with Crippen LogP contribution in [0.15, 0.2) is 23.1 Å². The molecule has 0 radical (unpaired) electrons. The Morgan fingerprint density at radius 3 is 2.30 bits per heavy atom. The highest BCUT2D eigenvalue weighted by Gasteiger charge is 2.22. The van der Waals surface area contributed by atoms with Gasteiger partial charge in [-0.15, -0.1) is 0 Å². The summed E-state index contributed by atoms with van der Waals surface area (Å²) >= 11 is 0. The highest BCUT2D eigenvalue weighted by Crippen LogP contribution is 2.17. The van der Waals surface area contributed by atoms with E-state index in [2.05, 4.69) is 23.9 Å². The molecule has 1 aromatic rings. The lowest BCUT2D eigenvalue weighted by atomic mass is 10.1. The summed E-state index contributed by atoms with van der Waals surface area (Å²) in [5.41, 5.74) is 1.61. The van der Waals surface area contributed by atoms with Gasteiger partial charge in [0, 0.05) is 18.1 Å². The zero-order chi connectivity index (χ0) is 15.6. The van der Waals surface area contributed by atoms with Gasteiger partial charge in [-0.2, -0.15) is 0 Å². The van der Waals surface area contributed by atoms with Crippen LogP contribution < -0.4 is 10.0 Å². The van der Waals surface area contributed by atoms with Crippen molar-refractivity contribution in [3.05, 3.63) is 29.3 Å². The van der Waals surface area contributed by atoms with E-state index in [9.17, 15) is 8.42 Å². The van der Waals surface area contributed by atoms with Crippen molar-refractivity contribution in [2.45, 2.75) is 64.6 Å². The van der Waals surface area contributed by atoms with E-state index in [0.717, 1.165) is 11.1 Å². The first kappa shape index (κ1) is 17.1. The molecule has 0 unspecified atom stereocenters. The minimum Gasteiger partial charge on any atom is -0.310 e. The van der Waals surface area contributed by atoms with Crippen molar-refractivity contribution in [3.8, 4) is 0 Å². The van der Waals surface area contributed by atoms with E-state index in [1.54, 1.807) is 12.1 Å². The number of hydrogen-bond donors (Lipinski definition) is 2. The van der Waals surface area contributed by atoms with Gasteiger partial charge in [0.1, 0.15) is 0 Å². The van der Waals surface area contributed by atoms with Crippen LogP contribution in [0, 0.1) is 6.92 Å². The predicted molar refractivity (Wildman–Crippen MR) is 83.2 cm³/mol. The molecule has 1 aromatic carbocycles. The van der Waals surface area contributed by atoms with Gasteiger partial charge in [-0.25, -0.2) is 13.1 Å². The molecular formula is C15H26N2O2S. The first-order valence-electron chi connectivity index (χ1n) is 6.88. The van der Waals surface area contributed by atoms with Crippen molar-refractivity contribution in [2.24, 2.45) is 0 Å². The van der Waals surface area contributed by atoms with Crippen LogP contribution in [-0.4, -0.2) is 20.0 Å². The second kappa shape index (κ2) is 6.24. The van der Waals surface area contributed by atoms with Gasteiger partial charge < -0.3 is 5.32 Å². The van der Waals surface area contributed by atoms with Crippen LogP contribution in [0.4, 0.5) is 0 Å². The normalized spacial score (nSPS) is 12.9. The van der Waals surface area contributed by atoms with Crippen molar-refractivity contribution in [1.82, 2.24) is 10.0 Å². The van der Waals surface area contributed by atoms with Crippen LogP contribution in [0.2, 0.25) is 0 Å². The maximum atomic E-state index is 12.3. The fourth-order valence-corrected chi connectivity index (χ4v) is 3.25. The molecule has 4 nitrogen and oxygen atoms in total. The van der Waals surface area contributed by atoms with Gasteiger partial charge in [0.25, 0.3) is 0 Å². The van der Waals surface area contributed by atoms with E-state index in [-0.39, 0.29) is 0 Å². The molecule has 0 saturated carbocycles. The van der Waals surface area contributed by atoms with E-state index >= 15 is 0 Å². The van der Waals surface area contributed by atoms with Gasteiger partial charge in [-0.3, -0.25) is 0 Å². The zero-order valence-corrected chi connectivity index (χ0v) is 14.1. The van der Waals surface area contributed by atoms with E-state index in [1.807, 2.05) is 33.8 Å². The number of hydrogen-bond acceptors (Lipinski definition) is 3. The molecule has 0 saturated heterocycles. The largest absolute Gasteiger partial charge is 0.310 e. The standard InChI is InChI=1S/C15H26N2O2S/c1-11(2)16-10-13-9-14(8-7-12(13)3)20(18,19)17-15(4,5)6/h7-9,11,16-17H,10H2,1-6H3. The average molecular weight is 298 g/mol. The molecule has 0 aliphatic heterocycles. The SMILES string of the molecule is Cc1ccc(S(=O)(=O)NC(C)(C)C)cc1CNC(C)C. The van der Waals surface area contributed by atoms with Crippen LogP contribution in [0.25, 0.3) is 0 Å². The molecule has 0 bridgehead atoms. The van der Waals surface area contributed by atoms with E-state index < -0.39 is 15.6 Å². The molecule has 0 heterocycles. The molecule has 5 heteroatoms. The van der Waals surface area contributed by atoms with Crippen LogP contribution in [0.1, 0.15) is 45.7 Å². The van der Waals surface area contributed by atoms with Gasteiger partial charge in [0.2, 0.25) is 10.0 Å². The number of nitrogens with one attached hydrogen (secondary N) is 2. The molecule has 0 atom stereocenters. The molecule has 2 N–H and O–H groups in total. The third kappa shape index (κ3) is 5.23. The number of rotatable bonds is 5. The summed E-state index contributed by atoms with van der Waals surface area (Å²) < 4.78 is 27.3. The number of benzene rings is 1. The Morgan fingerprint density at radius 2 is 1.80 bits per heavy atom. The van der Waals surface area contributed by atoms with E-state index in [0.29, 0.717) is 17.5 Å². The van der Waals surface area contributed by atoms with Crippen molar-refractivity contribution in [2.75, 3.05) is 0 Å². The summed E-state index contributed by atoms with van der Waals surface area (Å²) in [5, 5.41) is 3.31. The van der Waals surface area contributed by atoms with Crippen LogP contribution in [0.3, 0.4) is 0 Å². The van der Waals surface area contributed by atoms with E-state index in [1.165, 1.54) is 0 Å². The Morgan fingerprint density at radius 1 is 1.20 bits per heavy atom. The van der Waals surface area contributed by atoms with Crippen LogP contribution >= 0.6 is 0 Å². The Bertz CT molecular complexity index is 558. The fourth-order valence-electron chi connectivity index (χ4n) is 1.78. The van der Waals surface area contributed by atoms with Gasteiger partial charge in [-0.1, -0.05) is 19.9 Å². The Balaban J connectivity index is 3.05. The second-order valence-corrected chi connectivity index (χ2v) is 8.16. The lowest BCUT2D eigenvalue weighted by Crippen LogP contribution is -2.40. The molecule has 114 valence electrons. The van der Waals surface area contributed by atoms with Crippen LogP contribution in [-0.2, 0) is 16.6 Å². The van der Waals surface area contributed by atoms with Gasteiger partial charge in [0.15, 0.2) is 0 Å². The molecule has 0 spiro atoms. The van der Waals surface area contributed by atoms with Crippen molar-refractivity contribution in [3.63, 3.8) is 0 Å². The highest BCUT2D eigenvalue weighted by atomic mass is 32.2. The third-order valence-corrected chi connectivity index (χ3v) is 4.53. The first-order valence-corrected chi connectivity index (χ1v) is 8.36. The molecule has 0 amide bonds. The fraction of sp³-hybridized carbons (Fsp3) is 0.600. The van der Waals surface area contributed by atoms with Gasteiger partial charge in [0.05, 0.1) is 4.90 Å². The molecular weight excluding hydrogens is 272 g/mol. The van der Waals surface area contributed by atoms with Crippen LogP contribution in [0.5, 0.6) is 0 Å². The topological polar surface area (TPSA) is 58.2 Å². The Hall–Kier alpha value is -0.910. The smallest absolute Gasteiger partial charge is 0.241 e. The Labute approximate surface area is 123 Å². The summed E-state index contributed by atoms with van der Waals surface area (Å²) in [6, 6.07) is 5.62. The summed E-state index contributed by atoms with van der Waals surface area (Å²) in [4.78, 5) is 0.318. The molecule has 0 aliphatic rings. The van der Waals surface area contributed by atoms with Gasteiger partial charge >= 0.3 is 0 Å². The predicted octanol–water partition coefficient (Wildman–Crippen LogP) is 2.57. The zero-order valence-electron chi connectivity index (χ0n) is 13.2. The molecule has 1 rings (SSSR count). The quantitative estimate of drug-likeness (QED) is 0.878. The summed E-state index contributed by atoms with van der Waals surface area (Å²) in [6.45, 7) is 12.3. The Kier molecular flexibility index (Phi) is 5.35. The number of aryl methyl sites for hydroxylation is 1.